The highest BCUT2D eigenvalue weighted by molar-refractivity contribution is 5.41. The Kier molecular flexibility index (Phi) is 3.63. The van der Waals surface area contributed by atoms with Crippen LogP contribution in [-0.4, -0.2) is 15.0 Å². The van der Waals surface area contributed by atoms with Crippen LogP contribution < -0.4 is 16.6 Å². The summed E-state index contributed by atoms with van der Waals surface area (Å²) < 4.78 is 13.4. The summed E-state index contributed by atoms with van der Waals surface area (Å²) in [5, 5.41) is 2.86. The van der Waals surface area contributed by atoms with Gasteiger partial charge in [0.2, 0.25) is 5.95 Å². The highest BCUT2D eigenvalue weighted by Gasteiger charge is 2.07. The average molecular weight is 248 g/mol. The molecule has 0 radical (unpaired) electrons. The van der Waals surface area contributed by atoms with Crippen molar-refractivity contribution in [3.63, 3.8) is 0 Å². The van der Waals surface area contributed by atoms with Gasteiger partial charge in [-0.25, -0.2) is 15.2 Å². The number of nitrogen functional groups attached to an aromatic ring is 1. The molecule has 2 aromatic rings. The minimum atomic E-state index is -0.539. The van der Waals surface area contributed by atoms with Gasteiger partial charge in [-0.2, -0.15) is 4.98 Å². The van der Waals surface area contributed by atoms with Gasteiger partial charge in [0.15, 0.2) is 11.6 Å². The Hall–Kier alpha value is -2.28. The molecule has 4 N–H and O–H groups in total. The molecule has 6 nitrogen and oxygen atoms in total. The van der Waals surface area contributed by atoms with Gasteiger partial charge in [0, 0.05) is 6.20 Å². The van der Waals surface area contributed by atoms with E-state index >= 15 is 0 Å². The molecule has 94 valence electrons. The maximum absolute atomic E-state index is 13.4. The van der Waals surface area contributed by atoms with Crippen LogP contribution in [0.15, 0.2) is 24.5 Å². The quantitative estimate of drug-likeness (QED) is 0.557. The van der Waals surface area contributed by atoms with Crippen LogP contribution in [0.2, 0.25) is 0 Å². The lowest BCUT2D eigenvalue weighted by molar-refractivity contribution is 0.617. The molecule has 2 aromatic heterocycles. The Morgan fingerprint density at radius 2 is 2.22 bits per heavy atom. The van der Waals surface area contributed by atoms with Gasteiger partial charge in [0.25, 0.3) is 0 Å². The monoisotopic (exact) mass is 248 g/mol. The molecule has 0 aliphatic heterocycles. The van der Waals surface area contributed by atoms with Gasteiger partial charge in [-0.1, -0.05) is 6.07 Å². The molecule has 2 rings (SSSR count). The first kappa shape index (κ1) is 12.2. The van der Waals surface area contributed by atoms with E-state index in [-0.39, 0.29) is 11.8 Å². The van der Waals surface area contributed by atoms with E-state index in [0.29, 0.717) is 6.54 Å². The third-order valence-corrected chi connectivity index (χ3v) is 2.41. The van der Waals surface area contributed by atoms with Crippen molar-refractivity contribution in [1.82, 2.24) is 15.0 Å². The molecule has 0 aromatic carbocycles. The zero-order chi connectivity index (χ0) is 13.0. The highest BCUT2D eigenvalue weighted by Crippen LogP contribution is 2.13. The van der Waals surface area contributed by atoms with Crippen LogP contribution in [0.3, 0.4) is 0 Å². The fraction of sp³-hybridized carbons (Fsp3) is 0.182. The van der Waals surface area contributed by atoms with Crippen molar-refractivity contribution in [2.45, 2.75) is 13.5 Å². The van der Waals surface area contributed by atoms with Crippen molar-refractivity contribution in [2.75, 3.05) is 10.7 Å². The van der Waals surface area contributed by atoms with Gasteiger partial charge in [0.1, 0.15) is 0 Å². The summed E-state index contributed by atoms with van der Waals surface area (Å²) in [5.74, 6) is 4.86. The van der Waals surface area contributed by atoms with Gasteiger partial charge in [-0.3, -0.25) is 10.4 Å². The van der Waals surface area contributed by atoms with E-state index < -0.39 is 5.82 Å². The smallest absolute Gasteiger partial charge is 0.239 e. The SMILES string of the molecule is Cc1cccnc1CNc1nc(NN)ncc1F. The van der Waals surface area contributed by atoms with Crippen molar-refractivity contribution in [3.05, 3.63) is 41.6 Å². The molecule has 0 saturated heterocycles. The van der Waals surface area contributed by atoms with Crippen LogP contribution >= 0.6 is 0 Å². The van der Waals surface area contributed by atoms with E-state index in [2.05, 4.69) is 25.7 Å². The molecule has 0 aliphatic carbocycles. The first-order chi connectivity index (χ1) is 8.70. The summed E-state index contributed by atoms with van der Waals surface area (Å²) in [7, 11) is 0. The summed E-state index contributed by atoms with van der Waals surface area (Å²) >= 11 is 0. The predicted octanol–water partition coefficient (Wildman–Crippen LogP) is 1.22. The Labute approximate surface area is 103 Å². The van der Waals surface area contributed by atoms with Crippen molar-refractivity contribution in [1.29, 1.82) is 0 Å². The lowest BCUT2D eigenvalue weighted by Gasteiger charge is -2.08. The average Bonchev–Trinajstić information content (AvgIpc) is 2.39. The number of nitrogens with zero attached hydrogens (tertiary/aromatic N) is 3. The van der Waals surface area contributed by atoms with Crippen LogP contribution in [0, 0.1) is 12.7 Å². The van der Waals surface area contributed by atoms with Crippen LogP contribution in [0.4, 0.5) is 16.2 Å². The third-order valence-electron chi connectivity index (χ3n) is 2.41. The lowest BCUT2D eigenvalue weighted by Crippen LogP contribution is -2.13. The number of nitrogens with two attached hydrogens (primary N) is 1. The normalized spacial score (nSPS) is 10.2. The first-order valence-electron chi connectivity index (χ1n) is 5.34. The molecule has 7 heteroatoms. The topological polar surface area (TPSA) is 88.8 Å². The first-order valence-corrected chi connectivity index (χ1v) is 5.34. The minimum Gasteiger partial charge on any atom is -0.362 e. The summed E-state index contributed by atoms with van der Waals surface area (Å²) in [4.78, 5) is 11.7. The van der Waals surface area contributed by atoms with E-state index in [1.54, 1.807) is 6.20 Å². The number of rotatable bonds is 4. The Morgan fingerprint density at radius 3 is 2.94 bits per heavy atom. The number of hydrogen-bond donors (Lipinski definition) is 3. The fourth-order valence-electron chi connectivity index (χ4n) is 1.43. The van der Waals surface area contributed by atoms with Gasteiger partial charge in [-0.05, 0) is 18.6 Å². The second kappa shape index (κ2) is 5.37. The van der Waals surface area contributed by atoms with Gasteiger partial charge in [-0.15, -0.1) is 0 Å². The minimum absolute atomic E-state index is 0.0861. The number of aryl methyl sites for hydroxylation is 1. The van der Waals surface area contributed by atoms with Crippen molar-refractivity contribution in [3.8, 4) is 0 Å². The molecule has 0 amide bonds. The molecule has 18 heavy (non-hydrogen) atoms. The summed E-state index contributed by atoms with van der Waals surface area (Å²) in [6.45, 7) is 2.32. The van der Waals surface area contributed by atoms with E-state index in [1.807, 2.05) is 19.1 Å². The Morgan fingerprint density at radius 1 is 1.39 bits per heavy atom. The maximum Gasteiger partial charge on any atom is 0.239 e. The zero-order valence-corrected chi connectivity index (χ0v) is 9.81. The molecule has 0 aliphatic rings. The number of halogens is 1. The van der Waals surface area contributed by atoms with Crippen LogP contribution in [-0.2, 0) is 6.54 Å². The van der Waals surface area contributed by atoms with Gasteiger partial charge >= 0.3 is 0 Å². The standard InChI is InChI=1S/C11H13FN6/c1-7-3-2-4-14-9(7)6-15-10-8(12)5-16-11(17-10)18-13/h2-5H,6,13H2,1H3,(H2,15,16,17,18). The molecule has 0 bridgehead atoms. The largest absolute Gasteiger partial charge is 0.362 e. The van der Waals surface area contributed by atoms with E-state index in [9.17, 15) is 4.39 Å². The van der Waals surface area contributed by atoms with Crippen molar-refractivity contribution < 1.29 is 4.39 Å². The molecule has 2 heterocycles. The van der Waals surface area contributed by atoms with Gasteiger partial charge in [0.05, 0.1) is 18.4 Å². The van der Waals surface area contributed by atoms with Crippen molar-refractivity contribution in [2.24, 2.45) is 5.84 Å². The number of anilines is 2. The van der Waals surface area contributed by atoms with Crippen LogP contribution in [0.1, 0.15) is 11.3 Å². The highest BCUT2D eigenvalue weighted by atomic mass is 19.1. The van der Waals surface area contributed by atoms with Crippen molar-refractivity contribution >= 4 is 11.8 Å². The van der Waals surface area contributed by atoms with Crippen LogP contribution in [0.25, 0.3) is 0 Å². The zero-order valence-electron chi connectivity index (χ0n) is 9.81. The van der Waals surface area contributed by atoms with Gasteiger partial charge < -0.3 is 5.32 Å². The van der Waals surface area contributed by atoms with Crippen LogP contribution in [0.5, 0.6) is 0 Å². The molecule has 0 atom stereocenters. The third kappa shape index (κ3) is 2.69. The van der Waals surface area contributed by atoms with E-state index in [4.69, 9.17) is 5.84 Å². The van der Waals surface area contributed by atoms with E-state index in [0.717, 1.165) is 17.5 Å². The number of hydrogen-bond acceptors (Lipinski definition) is 6. The molecule has 0 saturated carbocycles. The number of aromatic nitrogens is 3. The second-order valence-electron chi connectivity index (χ2n) is 3.66. The maximum atomic E-state index is 13.4. The lowest BCUT2D eigenvalue weighted by atomic mass is 10.2. The summed E-state index contributed by atoms with van der Waals surface area (Å²) in [6, 6.07) is 3.79. The fourth-order valence-corrected chi connectivity index (χ4v) is 1.43. The number of hydrazine groups is 1. The summed E-state index contributed by atoms with van der Waals surface area (Å²) in [6.07, 6.45) is 2.74. The second-order valence-corrected chi connectivity index (χ2v) is 3.66. The number of pyridine rings is 1. The number of nitrogens with one attached hydrogen (secondary N) is 2. The molecular formula is C11H13FN6. The predicted molar refractivity (Wildman–Crippen MR) is 66.1 cm³/mol. The summed E-state index contributed by atoms with van der Waals surface area (Å²) in [5.41, 5.74) is 4.12. The Bertz CT molecular complexity index is 545. The molecule has 0 spiro atoms. The molecule has 0 fully saturated rings. The molecule has 0 unspecified atom stereocenters. The Balaban J connectivity index is 2.13. The molecular weight excluding hydrogens is 235 g/mol. The van der Waals surface area contributed by atoms with E-state index in [1.165, 1.54) is 0 Å².